The summed E-state index contributed by atoms with van der Waals surface area (Å²) < 4.78 is 5.10. The summed E-state index contributed by atoms with van der Waals surface area (Å²) in [6.07, 6.45) is 2.40. The number of unbranched alkanes of at least 4 members (excludes halogenated alkanes) is 1. The van der Waals surface area contributed by atoms with Crippen LogP contribution in [0.4, 0.5) is 0 Å². The van der Waals surface area contributed by atoms with Gasteiger partial charge in [-0.1, -0.05) is 19.0 Å². The average Bonchev–Trinajstić information content (AvgIpc) is 2.62. The molecular weight excluding hydrogens is 202 g/mol. The van der Waals surface area contributed by atoms with Crippen LogP contribution in [0.1, 0.15) is 38.1 Å². The number of hydrogen-bond donors (Lipinski definition) is 2. The highest BCUT2D eigenvalue weighted by Gasteiger charge is 1.99. The van der Waals surface area contributed by atoms with Gasteiger partial charge in [0.2, 0.25) is 0 Å². The van der Waals surface area contributed by atoms with Gasteiger partial charge in [-0.2, -0.15) is 0 Å². The van der Waals surface area contributed by atoms with Crippen LogP contribution in [0.2, 0.25) is 0 Å². The van der Waals surface area contributed by atoms with Gasteiger partial charge in [-0.25, -0.2) is 0 Å². The van der Waals surface area contributed by atoms with Gasteiger partial charge in [-0.3, -0.25) is 0 Å². The maximum atomic E-state index is 5.10. The SMILES string of the molecule is Cc1cc(CNCCCCNC(C)C)on1. The number of hydrogen-bond acceptors (Lipinski definition) is 4. The maximum absolute atomic E-state index is 5.10. The fourth-order valence-electron chi connectivity index (χ4n) is 1.48. The third-order valence-electron chi connectivity index (χ3n) is 2.31. The zero-order valence-electron chi connectivity index (χ0n) is 10.5. The first kappa shape index (κ1) is 13.2. The molecule has 92 valence electrons. The van der Waals surface area contributed by atoms with Crippen LogP contribution in [0.3, 0.4) is 0 Å². The lowest BCUT2D eigenvalue weighted by Gasteiger charge is -2.07. The van der Waals surface area contributed by atoms with Crippen molar-refractivity contribution in [2.24, 2.45) is 0 Å². The average molecular weight is 225 g/mol. The first-order chi connectivity index (χ1) is 7.68. The van der Waals surface area contributed by atoms with Crippen molar-refractivity contribution in [1.29, 1.82) is 0 Å². The van der Waals surface area contributed by atoms with Gasteiger partial charge in [0, 0.05) is 12.1 Å². The summed E-state index contributed by atoms with van der Waals surface area (Å²) in [6.45, 7) is 9.18. The molecule has 0 amide bonds. The lowest BCUT2D eigenvalue weighted by molar-refractivity contribution is 0.369. The van der Waals surface area contributed by atoms with Crippen LogP contribution in [0.15, 0.2) is 10.6 Å². The van der Waals surface area contributed by atoms with Crippen molar-refractivity contribution in [2.75, 3.05) is 13.1 Å². The second-order valence-electron chi connectivity index (χ2n) is 4.43. The summed E-state index contributed by atoms with van der Waals surface area (Å²) in [5.74, 6) is 0.915. The van der Waals surface area contributed by atoms with Crippen molar-refractivity contribution in [3.8, 4) is 0 Å². The number of aryl methyl sites for hydroxylation is 1. The molecule has 1 heterocycles. The zero-order valence-corrected chi connectivity index (χ0v) is 10.5. The van der Waals surface area contributed by atoms with Gasteiger partial charge >= 0.3 is 0 Å². The van der Waals surface area contributed by atoms with E-state index in [0.29, 0.717) is 6.04 Å². The molecule has 0 fully saturated rings. The minimum atomic E-state index is 0.588. The molecule has 0 aliphatic rings. The molecule has 1 aromatic heterocycles. The third-order valence-corrected chi connectivity index (χ3v) is 2.31. The summed E-state index contributed by atoms with van der Waals surface area (Å²) in [5, 5.41) is 10.6. The summed E-state index contributed by atoms with van der Waals surface area (Å²) in [4.78, 5) is 0. The van der Waals surface area contributed by atoms with Crippen LogP contribution in [0.5, 0.6) is 0 Å². The Morgan fingerprint density at radius 3 is 2.69 bits per heavy atom. The van der Waals surface area contributed by atoms with E-state index in [1.54, 1.807) is 0 Å². The topological polar surface area (TPSA) is 50.1 Å². The third kappa shape index (κ3) is 5.88. The number of nitrogens with one attached hydrogen (secondary N) is 2. The van der Waals surface area contributed by atoms with Gasteiger partial charge in [-0.15, -0.1) is 0 Å². The highest BCUT2D eigenvalue weighted by Crippen LogP contribution is 2.00. The van der Waals surface area contributed by atoms with Crippen LogP contribution in [0, 0.1) is 6.92 Å². The Balaban J connectivity index is 1.92. The molecule has 0 radical (unpaired) electrons. The zero-order chi connectivity index (χ0) is 11.8. The molecular formula is C12H23N3O. The lowest BCUT2D eigenvalue weighted by atomic mass is 10.3. The summed E-state index contributed by atoms with van der Waals surface area (Å²) in [7, 11) is 0. The van der Waals surface area contributed by atoms with Crippen LogP contribution in [-0.4, -0.2) is 24.3 Å². The molecule has 16 heavy (non-hydrogen) atoms. The Morgan fingerprint density at radius 2 is 2.06 bits per heavy atom. The summed E-state index contributed by atoms with van der Waals surface area (Å²) >= 11 is 0. The van der Waals surface area contributed by atoms with E-state index in [9.17, 15) is 0 Å². The quantitative estimate of drug-likeness (QED) is 0.663. The van der Waals surface area contributed by atoms with Crippen molar-refractivity contribution in [1.82, 2.24) is 15.8 Å². The number of aromatic nitrogens is 1. The van der Waals surface area contributed by atoms with Gasteiger partial charge in [0.15, 0.2) is 5.76 Å². The van der Waals surface area contributed by atoms with Crippen molar-refractivity contribution >= 4 is 0 Å². The van der Waals surface area contributed by atoms with Gasteiger partial charge in [-0.05, 0) is 32.9 Å². The minimum Gasteiger partial charge on any atom is -0.360 e. The second-order valence-corrected chi connectivity index (χ2v) is 4.43. The van der Waals surface area contributed by atoms with Gasteiger partial charge in [0.25, 0.3) is 0 Å². The molecule has 0 atom stereocenters. The van der Waals surface area contributed by atoms with E-state index < -0.39 is 0 Å². The number of rotatable bonds is 8. The Bertz CT molecular complexity index is 284. The molecule has 2 N–H and O–H groups in total. The Morgan fingerprint density at radius 1 is 1.31 bits per heavy atom. The van der Waals surface area contributed by atoms with Crippen molar-refractivity contribution in [2.45, 2.75) is 46.2 Å². The second kappa shape index (κ2) is 7.41. The molecule has 4 nitrogen and oxygen atoms in total. The van der Waals surface area contributed by atoms with Crippen molar-refractivity contribution in [3.63, 3.8) is 0 Å². The smallest absolute Gasteiger partial charge is 0.150 e. The molecule has 0 aromatic carbocycles. The Labute approximate surface area is 97.8 Å². The first-order valence-electron chi connectivity index (χ1n) is 6.05. The molecule has 0 saturated heterocycles. The molecule has 0 bridgehead atoms. The summed E-state index contributed by atoms with van der Waals surface area (Å²) in [6, 6.07) is 2.55. The van der Waals surface area contributed by atoms with E-state index in [2.05, 4.69) is 29.6 Å². The molecule has 0 spiro atoms. The highest BCUT2D eigenvalue weighted by atomic mass is 16.5. The van der Waals surface area contributed by atoms with E-state index in [1.807, 2.05) is 13.0 Å². The van der Waals surface area contributed by atoms with Gasteiger partial charge in [0.1, 0.15) is 0 Å². The van der Waals surface area contributed by atoms with E-state index in [1.165, 1.54) is 12.8 Å². The summed E-state index contributed by atoms with van der Waals surface area (Å²) in [5.41, 5.74) is 0.943. The fourth-order valence-corrected chi connectivity index (χ4v) is 1.48. The standard InChI is InChI=1S/C12H23N3O/c1-10(2)14-7-5-4-6-13-9-12-8-11(3)15-16-12/h8,10,13-14H,4-7,9H2,1-3H3. The monoisotopic (exact) mass is 225 g/mol. The van der Waals surface area contributed by atoms with Gasteiger partial charge < -0.3 is 15.2 Å². The maximum Gasteiger partial charge on any atom is 0.150 e. The largest absolute Gasteiger partial charge is 0.360 e. The molecule has 1 rings (SSSR count). The Hall–Kier alpha value is -0.870. The lowest BCUT2D eigenvalue weighted by Crippen LogP contribution is -2.24. The van der Waals surface area contributed by atoms with Crippen LogP contribution < -0.4 is 10.6 Å². The van der Waals surface area contributed by atoms with E-state index in [-0.39, 0.29) is 0 Å². The highest BCUT2D eigenvalue weighted by molar-refractivity contribution is 5.02. The van der Waals surface area contributed by atoms with E-state index in [4.69, 9.17) is 4.52 Å². The molecule has 1 aromatic rings. The van der Waals surface area contributed by atoms with Crippen molar-refractivity contribution in [3.05, 3.63) is 17.5 Å². The predicted octanol–water partition coefficient (Wildman–Crippen LogP) is 1.85. The molecule has 0 aliphatic carbocycles. The predicted molar refractivity (Wildman–Crippen MR) is 65.3 cm³/mol. The van der Waals surface area contributed by atoms with E-state index in [0.717, 1.165) is 31.1 Å². The van der Waals surface area contributed by atoms with Crippen LogP contribution >= 0.6 is 0 Å². The molecule has 0 aliphatic heterocycles. The van der Waals surface area contributed by atoms with Crippen LogP contribution in [0.25, 0.3) is 0 Å². The van der Waals surface area contributed by atoms with E-state index >= 15 is 0 Å². The molecule has 0 unspecified atom stereocenters. The molecule has 4 heteroatoms. The van der Waals surface area contributed by atoms with Crippen LogP contribution in [-0.2, 0) is 6.54 Å². The van der Waals surface area contributed by atoms with Crippen molar-refractivity contribution < 1.29 is 4.52 Å². The molecule has 0 saturated carbocycles. The fraction of sp³-hybridized carbons (Fsp3) is 0.750. The normalized spacial score (nSPS) is 11.2. The minimum absolute atomic E-state index is 0.588. The first-order valence-corrected chi connectivity index (χ1v) is 6.05. The van der Waals surface area contributed by atoms with Gasteiger partial charge in [0.05, 0.1) is 12.2 Å². The number of nitrogens with zero attached hydrogens (tertiary/aromatic N) is 1. The Kier molecular flexibility index (Phi) is 6.11.